The summed E-state index contributed by atoms with van der Waals surface area (Å²) in [4.78, 5) is 25.1. The van der Waals surface area contributed by atoms with Crippen LogP contribution < -0.4 is 5.32 Å². The van der Waals surface area contributed by atoms with Gasteiger partial charge in [-0.25, -0.2) is 4.39 Å². The van der Waals surface area contributed by atoms with Crippen LogP contribution in [0.15, 0.2) is 59.8 Å². The minimum Gasteiger partial charge on any atom is -0.508 e. The van der Waals surface area contributed by atoms with Crippen LogP contribution in [0.5, 0.6) is 5.75 Å². The van der Waals surface area contributed by atoms with E-state index in [0.717, 1.165) is 11.1 Å². The first-order valence-corrected chi connectivity index (χ1v) is 8.62. The maximum atomic E-state index is 13.2. The van der Waals surface area contributed by atoms with Crippen LogP contribution in [-0.4, -0.2) is 16.8 Å². The fourth-order valence-corrected chi connectivity index (χ4v) is 3.96. The lowest BCUT2D eigenvalue weighted by molar-refractivity contribution is -0.122. The van der Waals surface area contributed by atoms with Crippen molar-refractivity contribution in [3.63, 3.8) is 0 Å². The minimum atomic E-state index is -0.340. The zero-order chi connectivity index (χ0) is 18.3. The molecule has 1 heterocycles. The Morgan fingerprint density at radius 2 is 1.73 bits per heavy atom. The highest BCUT2D eigenvalue weighted by atomic mass is 19.1. The number of halogens is 1. The van der Waals surface area contributed by atoms with E-state index in [2.05, 4.69) is 5.32 Å². The van der Waals surface area contributed by atoms with Gasteiger partial charge in [0.2, 0.25) is 5.91 Å². The largest absolute Gasteiger partial charge is 0.508 e. The Bertz CT molecular complexity index is 917. The molecule has 1 aliphatic carbocycles. The second-order valence-corrected chi connectivity index (χ2v) is 6.87. The highest BCUT2D eigenvalue weighted by molar-refractivity contribution is 6.02. The van der Waals surface area contributed by atoms with Gasteiger partial charge in [-0.2, -0.15) is 0 Å². The standard InChI is InChI=1S/C21H18FNO3/c22-15-6-4-12(5-7-15)14-9-18-21(19(25)10-14)17(11-20(26)23-18)13-2-1-3-16(24)8-13/h1-8,14,17,24H,9-11H2,(H,23,26)/t14-,17-/m1/s1. The number of carbonyl (C=O) groups excluding carboxylic acids is 2. The molecular weight excluding hydrogens is 333 g/mol. The number of aromatic hydroxyl groups is 1. The van der Waals surface area contributed by atoms with Gasteiger partial charge in [0.1, 0.15) is 11.6 Å². The lowest BCUT2D eigenvalue weighted by Gasteiger charge is -2.34. The van der Waals surface area contributed by atoms with Gasteiger partial charge in [-0.05, 0) is 47.7 Å². The van der Waals surface area contributed by atoms with E-state index in [4.69, 9.17) is 0 Å². The average Bonchev–Trinajstić information content (AvgIpc) is 2.61. The molecule has 2 aliphatic rings. The Morgan fingerprint density at radius 1 is 0.962 bits per heavy atom. The maximum Gasteiger partial charge on any atom is 0.225 e. The molecule has 2 aromatic rings. The van der Waals surface area contributed by atoms with Crippen molar-refractivity contribution < 1.29 is 19.1 Å². The third-order valence-corrected chi connectivity index (χ3v) is 5.15. The van der Waals surface area contributed by atoms with Crippen LogP contribution in [0, 0.1) is 5.82 Å². The summed E-state index contributed by atoms with van der Waals surface area (Å²) in [5, 5.41) is 12.6. The Labute approximate surface area is 150 Å². The fraction of sp³-hybridized carbons (Fsp3) is 0.238. The molecule has 4 nitrogen and oxygen atoms in total. The normalized spacial score (nSPS) is 22.8. The van der Waals surface area contributed by atoms with Gasteiger partial charge in [0.15, 0.2) is 5.78 Å². The molecule has 5 heteroatoms. The van der Waals surface area contributed by atoms with Crippen LogP contribution in [-0.2, 0) is 9.59 Å². The molecule has 0 radical (unpaired) electrons. The molecule has 0 unspecified atom stereocenters. The zero-order valence-corrected chi connectivity index (χ0v) is 14.0. The molecule has 1 aliphatic heterocycles. The Hall–Kier alpha value is -2.95. The Kier molecular flexibility index (Phi) is 4.07. The number of ketones is 1. The van der Waals surface area contributed by atoms with Crippen molar-refractivity contribution in [3.8, 4) is 5.75 Å². The van der Waals surface area contributed by atoms with Gasteiger partial charge >= 0.3 is 0 Å². The lowest BCUT2D eigenvalue weighted by Crippen LogP contribution is -2.38. The van der Waals surface area contributed by atoms with Crippen molar-refractivity contribution >= 4 is 11.7 Å². The van der Waals surface area contributed by atoms with Crippen molar-refractivity contribution in [1.82, 2.24) is 5.32 Å². The van der Waals surface area contributed by atoms with E-state index < -0.39 is 0 Å². The van der Waals surface area contributed by atoms with Gasteiger partial charge in [0, 0.05) is 30.0 Å². The predicted molar refractivity (Wildman–Crippen MR) is 94.0 cm³/mol. The highest BCUT2D eigenvalue weighted by Gasteiger charge is 2.38. The summed E-state index contributed by atoms with van der Waals surface area (Å²) in [7, 11) is 0. The fourth-order valence-electron chi connectivity index (χ4n) is 3.96. The summed E-state index contributed by atoms with van der Waals surface area (Å²) in [5.41, 5.74) is 2.94. The van der Waals surface area contributed by atoms with E-state index >= 15 is 0 Å². The average molecular weight is 351 g/mol. The molecule has 0 aromatic heterocycles. The molecule has 0 saturated carbocycles. The molecule has 0 fully saturated rings. The molecule has 2 N–H and O–H groups in total. The topological polar surface area (TPSA) is 66.4 Å². The number of amides is 1. The van der Waals surface area contributed by atoms with Gasteiger partial charge in [0.05, 0.1) is 0 Å². The summed E-state index contributed by atoms with van der Waals surface area (Å²) < 4.78 is 13.2. The third-order valence-electron chi connectivity index (χ3n) is 5.15. The van der Waals surface area contributed by atoms with Crippen molar-refractivity contribution in [2.24, 2.45) is 0 Å². The smallest absolute Gasteiger partial charge is 0.225 e. The Morgan fingerprint density at radius 3 is 2.46 bits per heavy atom. The molecule has 0 spiro atoms. The van der Waals surface area contributed by atoms with Gasteiger partial charge in [-0.15, -0.1) is 0 Å². The number of hydrogen-bond donors (Lipinski definition) is 2. The van der Waals surface area contributed by atoms with E-state index in [-0.39, 0.29) is 41.5 Å². The number of Topliss-reactive ketones (excluding diaryl/α,β-unsaturated/α-hetero) is 1. The van der Waals surface area contributed by atoms with Crippen molar-refractivity contribution in [3.05, 3.63) is 76.7 Å². The van der Waals surface area contributed by atoms with Crippen molar-refractivity contribution in [2.75, 3.05) is 0 Å². The van der Waals surface area contributed by atoms with Crippen molar-refractivity contribution in [2.45, 2.75) is 31.1 Å². The van der Waals surface area contributed by atoms with Gasteiger partial charge < -0.3 is 10.4 Å². The predicted octanol–water partition coefficient (Wildman–Crippen LogP) is 3.54. The number of benzene rings is 2. The first-order valence-electron chi connectivity index (χ1n) is 8.62. The summed E-state index contributed by atoms with van der Waals surface area (Å²) in [6, 6.07) is 12.9. The first kappa shape index (κ1) is 16.5. The summed E-state index contributed by atoms with van der Waals surface area (Å²) >= 11 is 0. The van der Waals surface area contributed by atoms with Gasteiger partial charge in [-0.3, -0.25) is 9.59 Å². The molecular formula is C21H18FNO3. The second-order valence-electron chi connectivity index (χ2n) is 6.87. The van der Waals surface area contributed by atoms with Gasteiger partial charge in [-0.1, -0.05) is 24.3 Å². The third kappa shape index (κ3) is 3.01. The summed E-state index contributed by atoms with van der Waals surface area (Å²) in [6.07, 6.45) is 1.05. The number of rotatable bonds is 2. The number of allylic oxidation sites excluding steroid dienone is 2. The molecule has 2 aromatic carbocycles. The van der Waals surface area contributed by atoms with E-state index in [1.807, 2.05) is 6.07 Å². The quantitative estimate of drug-likeness (QED) is 0.870. The molecule has 4 rings (SSSR count). The van der Waals surface area contributed by atoms with Crippen LogP contribution in [0.3, 0.4) is 0 Å². The van der Waals surface area contributed by atoms with E-state index in [1.54, 1.807) is 30.3 Å². The second kappa shape index (κ2) is 6.41. The molecule has 0 saturated heterocycles. The number of phenolic OH excluding ortho intramolecular Hbond substituents is 1. The first-order chi connectivity index (χ1) is 12.5. The summed E-state index contributed by atoms with van der Waals surface area (Å²) in [5.74, 6) is -0.759. The maximum absolute atomic E-state index is 13.2. The Balaban J connectivity index is 1.71. The SMILES string of the molecule is O=C1C[C@H](c2cccc(O)c2)C2=C(C[C@@H](c3ccc(F)cc3)CC2=O)N1. The monoisotopic (exact) mass is 351 g/mol. The van der Waals surface area contributed by atoms with Crippen LogP contribution in [0.1, 0.15) is 42.2 Å². The van der Waals surface area contributed by atoms with Crippen LogP contribution in [0.25, 0.3) is 0 Å². The highest BCUT2D eigenvalue weighted by Crippen LogP contribution is 2.42. The number of hydrogen-bond acceptors (Lipinski definition) is 3. The molecule has 0 bridgehead atoms. The van der Waals surface area contributed by atoms with Crippen LogP contribution in [0.2, 0.25) is 0 Å². The molecule has 26 heavy (non-hydrogen) atoms. The molecule has 1 amide bonds. The number of nitrogens with one attached hydrogen (secondary N) is 1. The van der Waals surface area contributed by atoms with Gasteiger partial charge in [0.25, 0.3) is 0 Å². The minimum absolute atomic E-state index is 0.00563. The van der Waals surface area contributed by atoms with E-state index in [1.165, 1.54) is 12.1 Å². The number of phenols is 1. The van der Waals surface area contributed by atoms with Crippen LogP contribution in [0.4, 0.5) is 4.39 Å². The lowest BCUT2D eigenvalue weighted by atomic mass is 9.73. The molecule has 132 valence electrons. The summed E-state index contributed by atoms with van der Waals surface area (Å²) in [6.45, 7) is 0. The number of carbonyl (C=O) groups is 2. The zero-order valence-electron chi connectivity index (χ0n) is 14.0. The van der Waals surface area contributed by atoms with E-state index in [9.17, 15) is 19.1 Å². The van der Waals surface area contributed by atoms with E-state index in [0.29, 0.717) is 24.1 Å². The molecule has 2 atom stereocenters. The van der Waals surface area contributed by atoms with Crippen LogP contribution >= 0.6 is 0 Å². The van der Waals surface area contributed by atoms with Crippen molar-refractivity contribution in [1.29, 1.82) is 0 Å².